The molecule has 0 fully saturated rings. The molecule has 0 aliphatic heterocycles. The van der Waals surface area contributed by atoms with Crippen LogP contribution in [0.2, 0.25) is 0 Å². The van der Waals surface area contributed by atoms with Gasteiger partial charge in [-0.15, -0.1) is 0 Å². The molecule has 1 unspecified atom stereocenters. The number of hydrogen-bond donors (Lipinski definition) is 2. The highest BCUT2D eigenvalue weighted by molar-refractivity contribution is 5.22. The van der Waals surface area contributed by atoms with Gasteiger partial charge in [-0.05, 0) is 25.1 Å². The number of pyridine rings is 1. The van der Waals surface area contributed by atoms with Crippen LogP contribution < -0.4 is 5.73 Å². The van der Waals surface area contributed by atoms with Crippen LogP contribution in [0.3, 0.4) is 0 Å². The number of alkyl halides is 2. The van der Waals surface area contributed by atoms with E-state index < -0.39 is 12.5 Å². The van der Waals surface area contributed by atoms with Crippen LogP contribution in [0.5, 0.6) is 0 Å². The number of aliphatic hydroxyl groups is 1. The van der Waals surface area contributed by atoms with Gasteiger partial charge < -0.3 is 10.8 Å². The van der Waals surface area contributed by atoms with E-state index in [1.807, 2.05) is 0 Å². The molecule has 1 aromatic rings. The predicted octanol–water partition coefficient (Wildman–Crippen LogP) is 1.40. The Morgan fingerprint density at radius 1 is 1.50 bits per heavy atom. The van der Waals surface area contributed by atoms with Gasteiger partial charge in [0.15, 0.2) is 0 Å². The molecule has 5 heteroatoms. The van der Waals surface area contributed by atoms with Crippen molar-refractivity contribution in [3.8, 4) is 0 Å². The van der Waals surface area contributed by atoms with Gasteiger partial charge in [0.05, 0.1) is 11.8 Å². The Hall–Kier alpha value is -1.07. The Kier molecular flexibility index (Phi) is 3.91. The first-order valence-electron chi connectivity index (χ1n) is 4.28. The first-order chi connectivity index (χ1) is 6.66. The summed E-state index contributed by atoms with van der Waals surface area (Å²) in [7, 11) is 0. The van der Waals surface area contributed by atoms with Gasteiger partial charge in [-0.3, -0.25) is 4.98 Å². The molecule has 0 aliphatic carbocycles. The molecule has 0 amide bonds. The van der Waals surface area contributed by atoms with Gasteiger partial charge in [-0.1, -0.05) is 0 Å². The Balaban J connectivity index is 2.94. The van der Waals surface area contributed by atoms with Gasteiger partial charge in [0.2, 0.25) is 0 Å². The van der Waals surface area contributed by atoms with E-state index in [-0.39, 0.29) is 24.2 Å². The van der Waals surface area contributed by atoms with Gasteiger partial charge in [0.1, 0.15) is 0 Å². The van der Waals surface area contributed by atoms with E-state index in [0.717, 1.165) is 0 Å². The second kappa shape index (κ2) is 4.97. The molecule has 1 atom stereocenters. The number of aliphatic hydroxyl groups excluding tert-OH is 1. The predicted molar refractivity (Wildman–Crippen MR) is 47.8 cm³/mol. The van der Waals surface area contributed by atoms with E-state index >= 15 is 0 Å². The second-order valence-corrected chi connectivity index (χ2v) is 2.87. The molecule has 14 heavy (non-hydrogen) atoms. The fraction of sp³-hybridized carbons (Fsp3) is 0.444. The van der Waals surface area contributed by atoms with E-state index in [4.69, 9.17) is 5.73 Å². The summed E-state index contributed by atoms with van der Waals surface area (Å²) in [4.78, 5) is 3.73. The fourth-order valence-electron chi connectivity index (χ4n) is 1.19. The second-order valence-electron chi connectivity index (χ2n) is 2.87. The molecule has 1 heterocycles. The Bertz CT molecular complexity index is 294. The minimum Gasteiger partial charge on any atom is -0.387 e. The van der Waals surface area contributed by atoms with Crippen molar-refractivity contribution in [2.75, 3.05) is 6.54 Å². The minimum atomic E-state index is -2.62. The van der Waals surface area contributed by atoms with E-state index in [1.54, 1.807) is 0 Å². The molecular weight excluding hydrogens is 190 g/mol. The van der Waals surface area contributed by atoms with E-state index in [9.17, 15) is 13.9 Å². The molecule has 1 aromatic heterocycles. The van der Waals surface area contributed by atoms with Crippen molar-refractivity contribution in [2.45, 2.75) is 19.0 Å². The SMILES string of the molecule is NCCC(O)c1ncccc1C(F)F. The number of halogens is 2. The van der Waals surface area contributed by atoms with Crippen LogP contribution in [0, 0.1) is 0 Å². The maximum absolute atomic E-state index is 12.4. The average molecular weight is 202 g/mol. The Labute approximate surface area is 80.6 Å². The molecule has 0 spiro atoms. The number of nitrogens with two attached hydrogens (primary N) is 1. The standard InChI is InChI=1S/C9H12F2N2O/c10-9(11)6-2-1-5-13-8(6)7(14)3-4-12/h1-2,5,7,9,14H,3-4,12H2. The third-order valence-electron chi connectivity index (χ3n) is 1.86. The van der Waals surface area contributed by atoms with Crippen LogP contribution in [0.1, 0.15) is 30.2 Å². The quantitative estimate of drug-likeness (QED) is 0.775. The van der Waals surface area contributed by atoms with Gasteiger partial charge in [0.25, 0.3) is 6.43 Å². The zero-order valence-electron chi connectivity index (χ0n) is 7.53. The van der Waals surface area contributed by atoms with E-state index in [2.05, 4.69) is 4.98 Å². The van der Waals surface area contributed by atoms with Crippen molar-refractivity contribution in [2.24, 2.45) is 5.73 Å². The first-order valence-corrected chi connectivity index (χ1v) is 4.28. The normalized spacial score (nSPS) is 13.2. The smallest absolute Gasteiger partial charge is 0.265 e. The molecule has 3 N–H and O–H groups in total. The highest BCUT2D eigenvalue weighted by Crippen LogP contribution is 2.26. The molecule has 1 rings (SSSR count). The lowest BCUT2D eigenvalue weighted by Crippen LogP contribution is -2.10. The van der Waals surface area contributed by atoms with Crippen molar-refractivity contribution < 1.29 is 13.9 Å². The maximum atomic E-state index is 12.4. The lowest BCUT2D eigenvalue weighted by atomic mass is 10.1. The Morgan fingerprint density at radius 2 is 2.21 bits per heavy atom. The first kappa shape index (κ1) is 11.0. The summed E-state index contributed by atoms with van der Waals surface area (Å²) in [6.45, 7) is 0.237. The lowest BCUT2D eigenvalue weighted by Gasteiger charge is -2.12. The number of nitrogens with zero attached hydrogens (tertiary/aromatic N) is 1. The summed E-state index contributed by atoms with van der Waals surface area (Å²) >= 11 is 0. The van der Waals surface area contributed by atoms with Crippen molar-refractivity contribution in [3.63, 3.8) is 0 Å². The number of hydrogen-bond acceptors (Lipinski definition) is 3. The summed E-state index contributed by atoms with van der Waals surface area (Å²) in [5.41, 5.74) is 5.01. The maximum Gasteiger partial charge on any atom is 0.265 e. The number of aromatic nitrogens is 1. The average Bonchev–Trinajstić information content (AvgIpc) is 2.18. The molecular formula is C9H12F2N2O. The van der Waals surface area contributed by atoms with Crippen molar-refractivity contribution in [1.82, 2.24) is 4.98 Å². The van der Waals surface area contributed by atoms with Crippen molar-refractivity contribution in [1.29, 1.82) is 0 Å². The molecule has 0 saturated carbocycles. The summed E-state index contributed by atoms with van der Waals surface area (Å²) < 4.78 is 24.9. The van der Waals surface area contributed by atoms with Crippen LogP contribution in [-0.4, -0.2) is 16.6 Å². The van der Waals surface area contributed by atoms with Crippen LogP contribution in [0.25, 0.3) is 0 Å². The molecule has 78 valence electrons. The Morgan fingerprint density at radius 3 is 2.79 bits per heavy atom. The minimum absolute atomic E-state index is 0.0213. The third kappa shape index (κ3) is 2.46. The zero-order valence-corrected chi connectivity index (χ0v) is 7.53. The largest absolute Gasteiger partial charge is 0.387 e. The van der Waals surface area contributed by atoms with Crippen LogP contribution in [-0.2, 0) is 0 Å². The summed E-state index contributed by atoms with van der Waals surface area (Å²) in [6.07, 6.45) is -2.02. The molecule has 0 bridgehead atoms. The fourth-order valence-corrected chi connectivity index (χ4v) is 1.19. The van der Waals surface area contributed by atoms with Gasteiger partial charge in [-0.2, -0.15) is 0 Å². The van der Waals surface area contributed by atoms with Crippen LogP contribution in [0.4, 0.5) is 8.78 Å². The topological polar surface area (TPSA) is 59.1 Å². The monoisotopic (exact) mass is 202 g/mol. The molecule has 3 nitrogen and oxygen atoms in total. The van der Waals surface area contributed by atoms with Crippen molar-refractivity contribution in [3.05, 3.63) is 29.6 Å². The highest BCUT2D eigenvalue weighted by atomic mass is 19.3. The lowest BCUT2D eigenvalue weighted by molar-refractivity contribution is 0.131. The van der Waals surface area contributed by atoms with Crippen LogP contribution >= 0.6 is 0 Å². The molecule has 0 aromatic carbocycles. The van der Waals surface area contributed by atoms with Gasteiger partial charge >= 0.3 is 0 Å². The van der Waals surface area contributed by atoms with Gasteiger partial charge in [0, 0.05) is 11.8 Å². The van der Waals surface area contributed by atoms with Gasteiger partial charge in [-0.25, -0.2) is 8.78 Å². The summed E-state index contributed by atoms with van der Waals surface area (Å²) in [6, 6.07) is 2.67. The van der Waals surface area contributed by atoms with Crippen molar-refractivity contribution >= 4 is 0 Å². The zero-order chi connectivity index (χ0) is 10.6. The summed E-state index contributed by atoms with van der Waals surface area (Å²) in [5, 5.41) is 9.47. The highest BCUT2D eigenvalue weighted by Gasteiger charge is 2.18. The number of rotatable bonds is 4. The summed E-state index contributed by atoms with van der Waals surface area (Å²) in [5.74, 6) is 0. The molecule has 0 radical (unpaired) electrons. The van der Waals surface area contributed by atoms with E-state index in [1.165, 1.54) is 18.3 Å². The van der Waals surface area contributed by atoms with Crippen LogP contribution in [0.15, 0.2) is 18.3 Å². The van der Waals surface area contributed by atoms with E-state index in [0.29, 0.717) is 0 Å². The third-order valence-corrected chi connectivity index (χ3v) is 1.86. The molecule has 0 aliphatic rings. The molecule has 0 saturated heterocycles.